The number of carbonyl (C=O) groups is 1. The third kappa shape index (κ3) is 2.76. The summed E-state index contributed by atoms with van der Waals surface area (Å²) in [6.45, 7) is 4.54. The van der Waals surface area contributed by atoms with E-state index in [1.807, 2.05) is 44.0 Å². The molecule has 0 radical (unpaired) electrons. The molecule has 0 aliphatic rings. The molecule has 5 heteroatoms. The van der Waals surface area contributed by atoms with Gasteiger partial charge in [-0.3, -0.25) is 9.69 Å². The molecule has 2 rings (SSSR count). The molecule has 19 heavy (non-hydrogen) atoms. The normalized spacial score (nSPS) is 12.9. The number of aromatic nitrogens is 2. The number of likely N-dealkylation sites (N-methyl/N-ethyl adjacent to an activating group) is 2. The van der Waals surface area contributed by atoms with Gasteiger partial charge in [-0.2, -0.15) is 0 Å². The van der Waals surface area contributed by atoms with Crippen molar-refractivity contribution in [1.29, 1.82) is 0 Å². The predicted octanol–water partition coefficient (Wildman–Crippen LogP) is 1.44. The van der Waals surface area contributed by atoms with Crippen LogP contribution in [0.1, 0.15) is 18.3 Å². The number of H-pyrrole nitrogens is 1. The number of fused-ring (bicyclic) bond motifs is 1. The number of imidazole rings is 1. The molecule has 102 valence electrons. The molecule has 0 saturated heterocycles. The van der Waals surface area contributed by atoms with Crippen LogP contribution in [0.3, 0.4) is 0 Å². The first-order valence-electron chi connectivity index (χ1n) is 6.39. The van der Waals surface area contributed by atoms with Crippen LogP contribution >= 0.6 is 0 Å². The lowest BCUT2D eigenvalue weighted by molar-refractivity contribution is -0.125. The molecule has 0 unspecified atom stereocenters. The molecule has 2 N–H and O–H groups in total. The van der Waals surface area contributed by atoms with Crippen LogP contribution in [0.5, 0.6) is 0 Å². The zero-order chi connectivity index (χ0) is 14.0. The largest absolute Gasteiger partial charge is 0.358 e. The number of hydrogen-bond acceptors (Lipinski definition) is 3. The van der Waals surface area contributed by atoms with Crippen molar-refractivity contribution in [2.24, 2.45) is 0 Å². The molecule has 5 nitrogen and oxygen atoms in total. The lowest BCUT2D eigenvalue weighted by atomic mass is 10.2. The average molecular weight is 260 g/mol. The maximum absolute atomic E-state index is 11.6. The van der Waals surface area contributed by atoms with Crippen molar-refractivity contribution >= 4 is 16.9 Å². The van der Waals surface area contributed by atoms with Gasteiger partial charge < -0.3 is 10.3 Å². The van der Waals surface area contributed by atoms with E-state index in [-0.39, 0.29) is 11.9 Å². The van der Waals surface area contributed by atoms with Gasteiger partial charge in [-0.05, 0) is 32.5 Å². The summed E-state index contributed by atoms with van der Waals surface area (Å²) in [5.74, 6) is 0.886. The molecule has 0 fully saturated rings. The zero-order valence-corrected chi connectivity index (χ0v) is 11.8. The quantitative estimate of drug-likeness (QED) is 0.874. The number of carbonyl (C=O) groups excluding carboxylic acids is 1. The van der Waals surface area contributed by atoms with Crippen LogP contribution in [0.2, 0.25) is 0 Å². The smallest absolute Gasteiger partial charge is 0.236 e. The minimum Gasteiger partial charge on any atom is -0.358 e. The maximum atomic E-state index is 11.6. The highest BCUT2D eigenvalue weighted by Gasteiger charge is 2.18. The van der Waals surface area contributed by atoms with Crippen LogP contribution in [0.4, 0.5) is 0 Å². The number of aryl methyl sites for hydroxylation is 1. The van der Waals surface area contributed by atoms with Crippen LogP contribution in [-0.2, 0) is 11.3 Å². The van der Waals surface area contributed by atoms with Gasteiger partial charge in [0.25, 0.3) is 0 Å². The van der Waals surface area contributed by atoms with Gasteiger partial charge in [-0.25, -0.2) is 4.98 Å². The first-order chi connectivity index (χ1) is 9.02. The number of para-hydroxylation sites is 1. The molecule has 0 saturated carbocycles. The Morgan fingerprint density at radius 3 is 2.89 bits per heavy atom. The second-order valence-electron chi connectivity index (χ2n) is 4.86. The molecular formula is C14H20N4O. The van der Waals surface area contributed by atoms with Gasteiger partial charge in [-0.15, -0.1) is 0 Å². The van der Waals surface area contributed by atoms with E-state index in [2.05, 4.69) is 15.3 Å². The van der Waals surface area contributed by atoms with Crippen LogP contribution in [0, 0.1) is 6.92 Å². The van der Waals surface area contributed by atoms with E-state index in [9.17, 15) is 4.79 Å². The summed E-state index contributed by atoms with van der Waals surface area (Å²) in [7, 11) is 3.57. The summed E-state index contributed by atoms with van der Waals surface area (Å²) < 4.78 is 0. The first kappa shape index (κ1) is 13.5. The van der Waals surface area contributed by atoms with Crippen molar-refractivity contribution in [3.8, 4) is 0 Å². The molecule has 1 aromatic heterocycles. The number of rotatable bonds is 4. The monoisotopic (exact) mass is 260 g/mol. The number of nitrogens with zero attached hydrogens (tertiary/aromatic N) is 2. The molecule has 0 spiro atoms. The number of benzene rings is 1. The van der Waals surface area contributed by atoms with Crippen LogP contribution in [0.15, 0.2) is 18.2 Å². The predicted molar refractivity (Wildman–Crippen MR) is 75.8 cm³/mol. The van der Waals surface area contributed by atoms with E-state index in [1.54, 1.807) is 7.05 Å². The summed E-state index contributed by atoms with van der Waals surface area (Å²) in [6.07, 6.45) is 0. The van der Waals surface area contributed by atoms with Gasteiger partial charge in [0, 0.05) is 7.05 Å². The fraction of sp³-hybridized carbons (Fsp3) is 0.429. The summed E-state index contributed by atoms with van der Waals surface area (Å²) >= 11 is 0. The average Bonchev–Trinajstić information content (AvgIpc) is 2.80. The van der Waals surface area contributed by atoms with Gasteiger partial charge in [0.15, 0.2) is 0 Å². The third-order valence-electron chi connectivity index (χ3n) is 3.45. The second kappa shape index (κ2) is 5.40. The molecule has 2 aromatic rings. The van der Waals surface area contributed by atoms with Crippen molar-refractivity contribution in [2.75, 3.05) is 14.1 Å². The Morgan fingerprint density at radius 2 is 2.26 bits per heavy atom. The molecule has 1 atom stereocenters. The van der Waals surface area contributed by atoms with Gasteiger partial charge in [0.2, 0.25) is 5.91 Å². The summed E-state index contributed by atoms with van der Waals surface area (Å²) in [4.78, 5) is 21.4. The van der Waals surface area contributed by atoms with Crippen LogP contribution < -0.4 is 5.32 Å². The summed E-state index contributed by atoms with van der Waals surface area (Å²) in [5, 5.41) is 2.66. The minimum atomic E-state index is -0.181. The van der Waals surface area contributed by atoms with Gasteiger partial charge in [-0.1, -0.05) is 12.1 Å². The van der Waals surface area contributed by atoms with Crippen molar-refractivity contribution in [3.63, 3.8) is 0 Å². The standard InChI is InChI=1S/C14H20N4O/c1-9-6-5-7-11-13(9)17-12(16-11)8-18(4)10(2)14(19)15-3/h5-7,10H,8H2,1-4H3,(H,15,19)(H,16,17)/t10-/m0/s1. The molecule has 1 aromatic carbocycles. The lowest BCUT2D eigenvalue weighted by Gasteiger charge is -2.21. The van der Waals surface area contributed by atoms with E-state index in [0.29, 0.717) is 6.54 Å². The van der Waals surface area contributed by atoms with Crippen molar-refractivity contribution in [2.45, 2.75) is 26.4 Å². The fourth-order valence-corrected chi connectivity index (χ4v) is 2.08. The molecular weight excluding hydrogens is 240 g/mol. The summed E-state index contributed by atoms with van der Waals surface area (Å²) in [5.41, 5.74) is 3.19. The molecule has 0 aliphatic carbocycles. The number of hydrogen-bond donors (Lipinski definition) is 2. The highest BCUT2D eigenvalue weighted by atomic mass is 16.2. The van der Waals surface area contributed by atoms with E-state index >= 15 is 0 Å². The van der Waals surface area contributed by atoms with Crippen molar-refractivity contribution < 1.29 is 4.79 Å². The van der Waals surface area contributed by atoms with Crippen LogP contribution in [-0.4, -0.2) is 40.9 Å². The molecule has 1 amide bonds. The number of amides is 1. The minimum absolute atomic E-state index is 0.00907. The third-order valence-corrected chi connectivity index (χ3v) is 3.45. The Labute approximate surface area is 113 Å². The van der Waals surface area contributed by atoms with Crippen molar-refractivity contribution in [1.82, 2.24) is 20.2 Å². The Balaban J connectivity index is 2.17. The van der Waals surface area contributed by atoms with Gasteiger partial charge in [0.05, 0.1) is 23.6 Å². The Hall–Kier alpha value is -1.88. The lowest BCUT2D eigenvalue weighted by Crippen LogP contribution is -2.41. The molecule has 0 aliphatic heterocycles. The molecule has 0 bridgehead atoms. The Bertz CT molecular complexity index is 590. The molecule has 1 heterocycles. The highest BCUT2D eigenvalue weighted by Crippen LogP contribution is 2.16. The number of aromatic amines is 1. The van der Waals surface area contributed by atoms with Crippen molar-refractivity contribution in [3.05, 3.63) is 29.6 Å². The number of nitrogens with one attached hydrogen (secondary N) is 2. The van der Waals surface area contributed by atoms with E-state index in [0.717, 1.165) is 22.4 Å². The van der Waals surface area contributed by atoms with Crippen LogP contribution in [0.25, 0.3) is 11.0 Å². The topological polar surface area (TPSA) is 61.0 Å². The first-order valence-corrected chi connectivity index (χ1v) is 6.39. The van der Waals surface area contributed by atoms with Gasteiger partial charge in [0.1, 0.15) is 5.82 Å². The Kier molecular flexibility index (Phi) is 3.85. The summed E-state index contributed by atoms with van der Waals surface area (Å²) in [6, 6.07) is 5.89. The van der Waals surface area contributed by atoms with E-state index in [4.69, 9.17) is 0 Å². The van der Waals surface area contributed by atoms with Gasteiger partial charge >= 0.3 is 0 Å². The SMILES string of the molecule is CNC(=O)[C@H](C)N(C)Cc1nc2c(C)cccc2[nH]1. The maximum Gasteiger partial charge on any atom is 0.236 e. The van der Waals surface area contributed by atoms with E-state index < -0.39 is 0 Å². The highest BCUT2D eigenvalue weighted by molar-refractivity contribution is 5.81. The fourth-order valence-electron chi connectivity index (χ4n) is 2.08. The van der Waals surface area contributed by atoms with E-state index in [1.165, 1.54) is 0 Å². The Morgan fingerprint density at radius 1 is 1.53 bits per heavy atom. The second-order valence-corrected chi connectivity index (χ2v) is 4.86. The zero-order valence-electron chi connectivity index (χ0n) is 11.8.